The summed E-state index contributed by atoms with van der Waals surface area (Å²) in [4.78, 5) is 23.3. The summed E-state index contributed by atoms with van der Waals surface area (Å²) >= 11 is 0. The number of rotatable bonds is 5. The van der Waals surface area contributed by atoms with Crippen molar-refractivity contribution in [3.05, 3.63) is 48.0 Å². The lowest BCUT2D eigenvalue weighted by atomic mass is 9.93. The molecule has 1 atom stereocenters. The van der Waals surface area contributed by atoms with Gasteiger partial charge in [-0.1, -0.05) is 42.5 Å². The fraction of sp³-hybridized carbons (Fsp3) is 0.294. The van der Waals surface area contributed by atoms with Crippen LogP contribution in [0.5, 0.6) is 0 Å². The van der Waals surface area contributed by atoms with Gasteiger partial charge in [0.1, 0.15) is 0 Å². The highest BCUT2D eigenvalue weighted by Gasteiger charge is 2.24. The lowest BCUT2D eigenvalue weighted by molar-refractivity contribution is -0.151. The first-order valence-corrected chi connectivity index (χ1v) is 6.77. The Hall–Kier alpha value is -2.36. The first-order chi connectivity index (χ1) is 10.2. The van der Waals surface area contributed by atoms with Crippen LogP contribution in [-0.4, -0.2) is 26.2 Å². The van der Waals surface area contributed by atoms with Gasteiger partial charge in [0, 0.05) is 0 Å². The largest absolute Gasteiger partial charge is 0.469 e. The number of esters is 2. The zero-order valence-electron chi connectivity index (χ0n) is 12.2. The average Bonchev–Trinajstić information content (AvgIpc) is 2.53. The molecular formula is C17H18O4. The summed E-state index contributed by atoms with van der Waals surface area (Å²) in [5.74, 6) is -1.34. The molecule has 0 aromatic heterocycles. The average molecular weight is 286 g/mol. The Morgan fingerprint density at radius 1 is 1.00 bits per heavy atom. The molecule has 21 heavy (non-hydrogen) atoms. The van der Waals surface area contributed by atoms with Gasteiger partial charge < -0.3 is 9.47 Å². The summed E-state index contributed by atoms with van der Waals surface area (Å²) < 4.78 is 9.45. The van der Waals surface area contributed by atoms with Gasteiger partial charge in [-0.2, -0.15) is 0 Å². The maximum Gasteiger partial charge on any atom is 0.309 e. The number of benzene rings is 2. The highest BCUT2D eigenvalue weighted by atomic mass is 16.5. The zero-order chi connectivity index (χ0) is 15.2. The molecule has 0 amide bonds. The number of ether oxygens (including phenoxy) is 2. The lowest BCUT2D eigenvalue weighted by Crippen LogP contribution is -2.22. The van der Waals surface area contributed by atoms with Crippen LogP contribution in [0, 0.1) is 5.92 Å². The van der Waals surface area contributed by atoms with E-state index in [2.05, 4.69) is 4.74 Å². The minimum atomic E-state index is -0.534. The summed E-state index contributed by atoms with van der Waals surface area (Å²) in [5.41, 5.74) is 1.02. The molecule has 0 spiro atoms. The molecule has 0 bridgehead atoms. The number of hydrogen-bond donors (Lipinski definition) is 0. The Labute approximate surface area is 123 Å². The Kier molecular flexibility index (Phi) is 4.93. The SMILES string of the molecule is COC(=O)C[C@H](Cc1cccc2ccccc12)C(=O)OC. The number of carbonyl (C=O) groups excluding carboxylic acids is 2. The van der Waals surface area contributed by atoms with Crippen molar-refractivity contribution < 1.29 is 19.1 Å². The molecule has 0 aliphatic heterocycles. The van der Waals surface area contributed by atoms with Crippen molar-refractivity contribution >= 4 is 22.7 Å². The van der Waals surface area contributed by atoms with E-state index in [0.717, 1.165) is 16.3 Å². The standard InChI is InChI=1S/C17H18O4/c1-20-16(18)11-14(17(19)21-2)10-13-8-5-7-12-6-3-4-9-15(12)13/h3-9,14H,10-11H2,1-2H3/t14-/m0/s1. The van der Waals surface area contributed by atoms with Gasteiger partial charge in [0.2, 0.25) is 0 Å². The summed E-state index contributed by atoms with van der Waals surface area (Å²) in [6.45, 7) is 0. The van der Waals surface area contributed by atoms with Crippen LogP contribution >= 0.6 is 0 Å². The van der Waals surface area contributed by atoms with Crippen LogP contribution in [0.25, 0.3) is 10.8 Å². The Morgan fingerprint density at radius 3 is 2.43 bits per heavy atom. The van der Waals surface area contributed by atoms with E-state index < -0.39 is 17.9 Å². The molecule has 0 heterocycles. The predicted octanol–water partition coefficient (Wildman–Crippen LogP) is 2.73. The molecule has 0 fully saturated rings. The predicted molar refractivity (Wildman–Crippen MR) is 79.8 cm³/mol. The summed E-state index contributed by atoms with van der Waals surface area (Å²) in [6, 6.07) is 13.9. The van der Waals surface area contributed by atoms with Crippen LogP contribution in [0.1, 0.15) is 12.0 Å². The topological polar surface area (TPSA) is 52.6 Å². The number of methoxy groups -OCH3 is 2. The minimum absolute atomic E-state index is 0.0202. The molecule has 0 aliphatic rings. The monoisotopic (exact) mass is 286 g/mol. The molecule has 2 rings (SSSR count). The van der Waals surface area contributed by atoms with Crippen molar-refractivity contribution in [1.29, 1.82) is 0 Å². The van der Waals surface area contributed by atoms with E-state index in [1.807, 2.05) is 42.5 Å². The van der Waals surface area contributed by atoms with Crippen LogP contribution in [-0.2, 0) is 25.5 Å². The molecule has 0 saturated heterocycles. The second-order valence-corrected chi connectivity index (χ2v) is 4.84. The smallest absolute Gasteiger partial charge is 0.309 e. The molecule has 4 nitrogen and oxygen atoms in total. The van der Waals surface area contributed by atoms with Gasteiger partial charge in [0.05, 0.1) is 26.6 Å². The van der Waals surface area contributed by atoms with Crippen molar-refractivity contribution in [1.82, 2.24) is 0 Å². The normalized spacial score (nSPS) is 11.9. The first kappa shape index (κ1) is 15.0. The number of fused-ring (bicyclic) bond motifs is 1. The summed E-state index contributed by atoms with van der Waals surface area (Å²) in [7, 11) is 2.64. The highest BCUT2D eigenvalue weighted by Crippen LogP contribution is 2.23. The highest BCUT2D eigenvalue weighted by molar-refractivity contribution is 5.87. The maximum atomic E-state index is 11.9. The molecule has 2 aromatic rings. The maximum absolute atomic E-state index is 11.9. The molecule has 0 N–H and O–H groups in total. The Bertz CT molecular complexity index is 643. The van der Waals surface area contributed by atoms with Crippen LogP contribution in [0.2, 0.25) is 0 Å². The fourth-order valence-corrected chi connectivity index (χ4v) is 2.43. The van der Waals surface area contributed by atoms with Crippen LogP contribution in [0.4, 0.5) is 0 Å². The van der Waals surface area contributed by atoms with E-state index in [0.29, 0.717) is 6.42 Å². The van der Waals surface area contributed by atoms with E-state index in [1.54, 1.807) is 0 Å². The fourth-order valence-electron chi connectivity index (χ4n) is 2.43. The number of hydrogen-bond acceptors (Lipinski definition) is 4. The second kappa shape index (κ2) is 6.88. The third kappa shape index (κ3) is 3.60. The minimum Gasteiger partial charge on any atom is -0.469 e. The van der Waals surface area contributed by atoms with Crippen LogP contribution in [0.15, 0.2) is 42.5 Å². The summed E-state index contributed by atoms with van der Waals surface area (Å²) in [5, 5.41) is 2.19. The van der Waals surface area contributed by atoms with Gasteiger partial charge in [0.15, 0.2) is 0 Å². The van der Waals surface area contributed by atoms with Gasteiger partial charge in [-0.25, -0.2) is 0 Å². The van der Waals surface area contributed by atoms with Crippen molar-refractivity contribution in [3.63, 3.8) is 0 Å². The van der Waals surface area contributed by atoms with Crippen molar-refractivity contribution in [2.75, 3.05) is 14.2 Å². The van der Waals surface area contributed by atoms with Gasteiger partial charge in [-0.3, -0.25) is 9.59 Å². The number of carbonyl (C=O) groups is 2. The van der Waals surface area contributed by atoms with E-state index >= 15 is 0 Å². The van der Waals surface area contributed by atoms with Crippen LogP contribution in [0.3, 0.4) is 0 Å². The molecule has 4 heteroatoms. The molecule has 0 aliphatic carbocycles. The molecule has 110 valence electrons. The third-order valence-electron chi connectivity index (χ3n) is 3.52. The van der Waals surface area contributed by atoms with Gasteiger partial charge in [-0.15, -0.1) is 0 Å². The van der Waals surface area contributed by atoms with E-state index in [-0.39, 0.29) is 6.42 Å². The molecule has 2 aromatic carbocycles. The molecule has 0 radical (unpaired) electrons. The third-order valence-corrected chi connectivity index (χ3v) is 3.52. The lowest BCUT2D eigenvalue weighted by Gasteiger charge is -2.15. The van der Waals surface area contributed by atoms with Crippen molar-refractivity contribution in [3.8, 4) is 0 Å². The Morgan fingerprint density at radius 2 is 1.71 bits per heavy atom. The van der Waals surface area contributed by atoms with Crippen molar-refractivity contribution in [2.45, 2.75) is 12.8 Å². The molecular weight excluding hydrogens is 268 g/mol. The second-order valence-electron chi connectivity index (χ2n) is 4.84. The Balaban J connectivity index is 2.30. The van der Waals surface area contributed by atoms with Gasteiger partial charge >= 0.3 is 11.9 Å². The quantitative estimate of drug-likeness (QED) is 0.793. The van der Waals surface area contributed by atoms with Gasteiger partial charge in [0.25, 0.3) is 0 Å². The summed E-state index contributed by atoms with van der Waals surface area (Å²) in [6.07, 6.45) is 0.468. The van der Waals surface area contributed by atoms with Gasteiger partial charge in [-0.05, 0) is 22.8 Å². The van der Waals surface area contributed by atoms with E-state index in [1.165, 1.54) is 14.2 Å². The molecule has 0 saturated carbocycles. The van der Waals surface area contributed by atoms with Crippen LogP contribution < -0.4 is 0 Å². The van der Waals surface area contributed by atoms with Crippen molar-refractivity contribution in [2.24, 2.45) is 5.92 Å². The van der Waals surface area contributed by atoms with E-state index in [4.69, 9.17) is 4.74 Å². The first-order valence-electron chi connectivity index (χ1n) is 6.77. The van der Waals surface area contributed by atoms with E-state index in [9.17, 15) is 9.59 Å². The zero-order valence-corrected chi connectivity index (χ0v) is 12.2. The molecule has 0 unspecified atom stereocenters.